The molecule has 0 aliphatic rings. The first-order valence-corrected chi connectivity index (χ1v) is 12.9. The van der Waals surface area contributed by atoms with Crippen LogP contribution in [0.5, 0.6) is 0 Å². The summed E-state index contributed by atoms with van der Waals surface area (Å²) in [5.41, 5.74) is 1.33. The Hall–Kier alpha value is -0.386. The number of hydrogen-bond donors (Lipinski definition) is 0. The second-order valence-corrected chi connectivity index (χ2v) is 20.4. The molecule has 0 saturated carbocycles. The summed E-state index contributed by atoms with van der Waals surface area (Å²) in [6, 6.07) is 8.96. The van der Waals surface area contributed by atoms with Gasteiger partial charge < -0.3 is 4.43 Å². The van der Waals surface area contributed by atoms with Crippen LogP contribution in [0.15, 0.2) is 24.3 Å². The molecule has 1 aromatic carbocycles. The van der Waals surface area contributed by atoms with Gasteiger partial charge in [0.1, 0.15) is 0 Å². The van der Waals surface area contributed by atoms with Gasteiger partial charge in [0.2, 0.25) is 7.83 Å². The molecule has 90 valence electrons. The van der Waals surface area contributed by atoms with E-state index in [1.54, 1.807) is 0 Å². The van der Waals surface area contributed by atoms with Crippen LogP contribution in [0.2, 0.25) is 26.2 Å². The standard InChI is InChI=1S/C13H24OSi2/c1-7-14-16(6,15(3,4)5)13-10-8-12(2)9-11-13/h8-11H,7H2,1-6H3. The molecule has 0 aromatic heterocycles. The summed E-state index contributed by atoms with van der Waals surface area (Å²) in [7, 11) is -2.98. The highest BCUT2D eigenvalue weighted by Crippen LogP contribution is 2.20. The van der Waals surface area contributed by atoms with E-state index in [9.17, 15) is 0 Å². The summed E-state index contributed by atoms with van der Waals surface area (Å²) in [6.45, 7) is 14.7. The number of hydrogen-bond acceptors (Lipinski definition) is 1. The molecule has 0 N–H and O–H groups in total. The van der Waals surface area contributed by atoms with Gasteiger partial charge in [0.25, 0.3) is 0 Å². The van der Waals surface area contributed by atoms with Gasteiger partial charge in [-0.1, -0.05) is 49.5 Å². The molecule has 0 heterocycles. The Labute approximate surface area is 102 Å². The maximum absolute atomic E-state index is 6.22. The van der Waals surface area contributed by atoms with Crippen molar-refractivity contribution < 1.29 is 4.43 Å². The molecule has 0 aliphatic carbocycles. The first-order chi connectivity index (χ1) is 7.31. The first-order valence-electron chi connectivity index (χ1n) is 6.02. The smallest absolute Gasteiger partial charge is 0.206 e. The van der Waals surface area contributed by atoms with E-state index < -0.39 is 15.4 Å². The maximum Gasteiger partial charge on any atom is 0.206 e. The molecular weight excluding hydrogens is 228 g/mol. The summed E-state index contributed by atoms with van der Waals surface area (Å²) >= 11 is 0. The van der Waals surface area contributed by atoms with Gasteiger partial charge >= 0.3 is 0 Å². The minimum absolute atomic E-state index is 0.834. The highest BCUT2D eigenvalue weighted by molar-refractivity contribution is 7.43. The molecule has 0 bridgehead atoms. The molecule has 0 fully saturated rings. The molecule has 0 amide bonds. The summed E-state index contributed by atoms with van der Waals surface area (Å²) in [6.07, 6.45) is 0. The quantitative estimate of drug-likeness (QED) is 0.748. The molecule has 1 unspecified atom stereocenters. The van der Waals surface area contributed by atoms with Crippen molar-refractivity contribution >= 4 is 20.6 Å². The highest BCUT2D eigenvalue weighted by atomic mass is 29.3. The van der Waals surface area contributed by atoms with Crippen LogP contribution in [-0.4, -0.2) is 22.0 Å². The largest absolute Gasteiger partial charge is 0.416 e. The van der Waals surface area contributed by atoms with Crippen LogP contribution in [0.4, 0.5) is 0 Å². The van der Waals surface area contributed by atoms with Crippen LogP contribution in [0.3, 0.4) is 0 Å². The van der Waals surface area contributed by atoms with Crippen LogP contribution in [0.1, 0.15) is 12.5 Å². The number of aryl methyl sites for hydroxylation is 1. The molecule has 0 aliphatic heterocycles. The predicted octanol–water partition coefficient (Wildman–Crippen LogP) is 3.23. The van der Waals surface area contributed by atoms with Gasteiger partial charge in [0.05, 0.1) is 7.59 Å². The lowest BCUT2D eigenvalue weighted by Gasteiger charge is -2.38. The Morgan fingerprint density at radius 1 is 1.00 bits per heavy atom. The molecule has 0 saturated heterocycles. The second kappa shape index (κ2) is 4.86. The molecule has 0 spiro atoms. The van der Waals surface area contributed by atoms with E-state index in [0.29, 0.717) is 0 Å². The normalized spacial score (nSPS) is 15.9. The molecule has 1 atom stereocenters. The van der Waals surface area contributed by atoms with Crippen molar-refractivity contribution in [2.45, 2.75) is 40.0 Å². The van der Waals surface area contributed by atoms with Crippen molar-refractivity contribution in [2.75, 3.05) is 6.61 Å². The minimum atomic E-state index is -1.71. The van der Waals surface area contributed by atoms with Gasteiger partial charge in [-0.05, 0) is 25.6 Å². The lowest BCUT2D eigenvalue weighted by atomic mass is 10.2. The van der Waals surface area contributed by atoms with Crippen LogP contribution in [0, 0.1) is 6.92 Å². The number of benzene rings is 1. The van der Waals surface area contributed by atoms with Crippen LogP contribution in [0.25, 0.3) is 0 Å². The van der Waals surface area contributed by atoms with Crippen LogP contribution >= 0.6 is 0 Å². The maximum atomic E-state index is 6.22. The Balaban J connectivity index is 3.16. The molecule has 16 heavy (non-hydrogen) atoms. The summed E-state index contributed by atoms with van der Waals surface area (Å²) in [5.74, 6) is 0. The van der Waals surface area contributed by atoms with Gasteiger partial charge in [-0.2, -0.15) is 0 Å². The topological polar surface area (TPSA) is 9.23 Å². The van der Waals surface area contributed by atoms with Crippen molar-refractivity contribution in [2.24, 2.45) is 0 Å². The fourth-order valence-electron chi connectivity index (χ4n) is 1.89. The lowest BCUT2D eigenvalue weighted by Crippen LogP contribution is -2.65. The zero-order valence-electron chi connectivity index (χ0n) is 11.4. The number of rotatable bonds is 4. The van der Waals surface area contributed by atoms with E-state index in [-0.39, 0.29) is 0 Å². The van der Waals surface area contributed by atoms with E-state index >= 15 is 0 Å². The van der Waals surface area contributed by atoms with Crippen molar-refractivity contribution in [1.82, 2.24) is 0 Å². The van der Waals surface area contributed by atoms with Gasteiger partial charge in [0, 0.05) is 6.61 Å². The Kier molecular flexibility index (Phi) is 4.15. The molecular formula is C13H24OSi2. The SMILES string of the molecule is CCO[Si](C)(c1ccc(C)cc1)[Si](C)(C)C. The van der Waals surface area contributed by atoms with Crippen LogP contribution in [-0.2, 0) is 4.43 Å². The Bertz CT molecular complexity index is 340. The predicted molar refractivity (Wildman–Crippen MR) is 77.4 cm³/mol. The highest BCUT2D eigenvalue weighted by Gasteiger charge is 2.44. The minimum Gasteiger partial charge on any atom is -0.416 e. The third kappa shape index (κ3) is 2.65. The molecule has 1 rings (SSSR count). The van der Waals surface area contributed by atoms with E-state index in [4.69, 9.17) is 4.43 Å². The fraction of sp³-hybridized carbons (Fsp3) is 0.538. The van der Waals surface area contributed by atoms with Crippen molar-refractivity contribution in [3.63, 3.8) is 0 Å². The third-order valence-corrected chi connectivity index (χ3v) is 18.5. The molecule has 3 heteroatoms. The van der Waals surface area contributed by atoms with Gasteiger partial charge in [0.15, 0.2) is 0 Å². The Morgan fingerprint density at radius 3 is 1.88 bits per heavy atom. The zero-order valence-corrected chi connectivity index (χ0v) is 13.4. The average molecular weight is 253 g/mol. The van der Waals surface area contributed by atoms with E-state index in [1.165, 1.54) is 10.8 Å². The second-order valence-electron chi connectivity index (χ2n) is 5.58. The van der Waals surface area contributed by atoms with E-state index in [2.05, 4.69) is 64.3 Å². The lowest BCUT2D eigenvalue weighted by molar-refractivity contribution is 0.346. The van der Waals surface area contributed by atoms with Crippen molar-refractivity contribution in [1.29, 1.82) is 0 Å². The van der Waals surface area contributed by atoms with Gasteiger partial charge in [-0.25, -0.2) is 0 Å². The summed E-state index contributed by atoms with van der Waals surface area (Å²) < 4.78 is 6.22. The summed E-state index contributed by atoms with van der Waals surface area (Å²) in [5, 5.41) is 1.46. The monoisotopic (exact) mass is 252 g/mol. The zero-order chi connectivity index (χ0) is 12.4. The first kappa shape index (κ1) is 13.7. The van der Waals surface area contributed by atoms with Crippen molar-refractivity contribution in [3.8, 4) is 0 Å². The van der Waals surface area contributed by atoms with E-state index in [1.807, 2.05) is 0 Å². The third-order valence-electron chi connectivity index (χ3n) is 3.47. The fourth-order valence-corrected chi connectivity index (χ4v) is 9.57. The van der Waals surface area contributed by atoms with Crippen molar-refractivity contribution in [3.05, 3.63) is 29.8 Å². The average Bonchev–Trinajstić information content (AvgIpc) is 2.17. The van der Waals surface area contributed by atoms with Gasteiger partial charge in [-0.15, -0.1) is 0 Å². The van der Waals surface area contributed by atoms with E-state index in [0.717, 1.165) is 6.61 Å². The van der Waals surface area contributed by atoms with Crippen LogP contribution < -0.4 is 5.19 Å². The molecule has 1 aromatic rings. The molecule has 1 nitrogen and oxygen atoms in total. The molecule has 0 radical (unpaired) electrons. The Morgan fingerprint density at radius 2 is 1.50 bits per heavy atom. The summed E-state index contributed by atoms with van der Waals surface area (Å²) in [4.78, 5) is 0. The van der Waals surface area contributed by atoms with Gasteiger partial charge in [-0.3, -0.25) is 0 Å².